The normalized spacial score (nSPS) is 11.7. The van der Waals surface area contributed by atoms with E-state index in [0.29, 0.717) is 6.54 Å². The van der Waals surface area contributed by atoms with E-state index in [1.807, 2.05) is 13.0 Å². The summed E-state index contributed by atoms with van der Waals surface area (Å²) in [6.07, 6.45) is 1.89. The van der Waals surface area contributed by atoms with Crippen molar-refractivity contribution in [3.63, 3.8) is 0 Å². The number of nitriles is 1. The van der Waals surface area contributed by atoms with Crippen LogP contribution in [-0.2, 0) is 14.3 Å². The molecule has 0 saturated heterocycles. The maximum atomic E-state index is 13.0. The monoisotopic (exact) mass is 432 g/mol. The molecule has 0 spiro atoms. The summed E-state index contributed by atoms with van der Waals surface area (Å²) in [4.78, 5) is 38.7. The van der Waals surface area contributed by atoms with Crippen LogP contribution >= 0.6 is 0 Å². The first-order valence-electron chi connectivity index (χ1n) is 10.3. The summed E-state index contributed by atoms with van der Waals surface area (Å²) in [7, 11) is 0. The van der Waals surface area contributed by atoms with Crippen molar-refractivity contribution in [2.75, 3.05) is 19.6 Å². The van der Waals surface area contributed by atoms with E-state index in [1.165, 1.54) is 12.1 Å². The van der Waals surface area contributed by atoms with E-state index >= 15 is 0 Å². The van der Waals surface area contributed by atoms with Gasteiger partial charge in [-0.15, -0.1) is 0 Å². The zero-order valence-electron chi connectivity index (χ0n) is 18.6. The Bertz CT molecular complexity index is 798. The fourth-order valence-electron chi connectivity index (χ4n) is 2.82. The van der Waals surface area contributed by atoms with Crippen LogP contribution in [0.15, 0.2) is 24.3 Å². The molecule has 1 aromatic carbocycles. The molecular weight excluding hydrogens is 400 g/mol. The van der Waals surface area contributed by atoms with Gasteiger partial charge in [0.1, 0.15) is 30.5 Å². The van der Waals surface area contributed by atoms with Gasteiger partial charge in [-0.1, -0.05) is 38.0 Å². The highest BCUT2D eigenvalue weighted by Crippen LogP contribution is 2.29. The number of hydrogen-bond acceptors (Lipinski definition) is 6. The number of carbonyl (C=O) groups excluding carboxylic acids is 3. The highest BCUT2D eigenvalue weighted by Gasteiger charge is 2.33. The molecule has 0 fully saturated rings. The quantitative estimate of drug-likeness (QED) is 0.385. The predicted molar refractivity (Wildman–Crippen MR) is 115 cm³/mol. The van der Waals surface area contributed by atoms with Crippen molar-refractivity contribution in [2.45, 2.75) is 58.6 Å². The van der Waals surface area contributed by atoms with E-state index in [9.17, 15) is 24.8 Å². The van der Waals surface area contributed by atoms with Gasteiger partial charge in [0.15, 0.2) is 0 Å². The van der Waals surface area contributed by atoms with Gasteiger partial charge in [0.2, 0.25) is 11.8 Å². The zero-order chi connectivity index (χ0) is 23.4. The molecule has 1 atom stereocenters. The average Bonchev–Trinajstić information content (AvgIpc) is 2.69. The van der Waals surface area contributed by atoms with Gasteiger partial charge in [0.25, 0.3) is 0 Å². The van der Waals surface area contributed by atoms with Gasteiger partial charge in [-0.3, -0.25) is 9.59 Å². The van der Waals surface area contributed by atoms with Crippen LogP contribution in [0, 0.1) is 11.3 Å². The van der Waals surface area contributed by atoms with E-state index in [1.54, 1.807) is 32.9 Å². The zero-order valence-corrected chi connectivity index (χ0v) is 18.6. The molecule has 1 aromatic rings. The lowest BCUT2D eigenvalue weighted by Crippen LogP contribution is -2.48. The van der Waals surface area contributed by atoms with Crippen molar-refractivity contribution in [2.24, 2.45) is 0 Å². The molecule has 0 saturated carbocycles. The molecule has 3 N–H and O–H groups in total. The molecule has 0 bridgehead atoms. The third kappa shape index (κ3) is 8.95. The number of para-hydroxylation sites is 1. The number of benzene rings is 1. The van der Waals surface area contributed by atoms with Gasteiger partial charge in [0, 0.05) is 12.1 Å². The second kappa shape index (κ2) is 12.4. The largest absolute Gasteiger partial charge is 0.508 e. The smallest absolute Gasteiger partial charge is 0.408 e. The first kappa shape index (κ1) is 25.8. The molecule has 0 aliphatic carbocycles. The fourth-order valence-corrected chi connectivity index (χ4v) is 2.82. The predicted octanol–water partition coefficient (Wildman–Crippen LogP) is 2.62. The molecule has 0 aliphatic heterocycles. The summed E-state index contributed by atoms with van der Waals surface area (Å²) >= 11 is 0. The first-order chi connectivity index (χ1) is 14.6. The van der Waals surface area contributed by atoms with Crippen LogP contribution in [0.1, 0.15) is 58.6 Å². The molecular formula is C22H32N4O5. The fraction of sp³-hybridized carbons (Fsp3) is 0.545. The van der Waals surface area contributed by atoms with Crippen molar-refractivity contribution in [1.29, 1.82) is 5.26 Å². The van der Waals surface area contributed by atoms with Crippen LogP contribution in [-0.4, -0.2) is 53.1 Å². The Labute approximate surface area is 183 Å². The Morgan fingerprint density at radius 2 is 1.87 bits per heavy atom. The molecule has 1 unspecified atom stereocenters. The number of phenols is 1. The summed E-state index contributed by atoms with van der Waals surface area (Å²) in [5.74, 6) is -1.35. The minimum atomic E-state index is -1.23. The lowest BCUT2D eigenvalue weighted by Gasteiger charge is -2.30. The van der Waals surface area contributed by atoms with Gasteiger partial charge in [-0.25, -0.2) is 4.79 Å². The average molecular weight is 433 g/mol. The SMILES string of the molecule is CCCCCNC(=O)C(c1ccccc1O)N(CC#N)C(=O)CNC(=O)OC(C)(C)C. The van der Waals surface area contributed by atoms with E-state index in [2.05, 4.69) is 10.6 Å². The highest BCUT2D eigenvalue weighted by molar-refractivity contribution is 5.91. The van der Waals surface area contributed by atoms with Crippen molar-refractivity contribution < 1.29 is 24.2 Å². The van der Waals surface area contributed by atoms with Crippen LogP contribution in [0.2, 0.25) is 0 Å². The van der Waals surface area contributed by atoms with Crippen LogP contribution in [0.4, 0.5) is 4.79 Å². The summed E-state index contributed by atoms with van der Waals surface area (Å²) < 4.78 is 5.11. The van der Waals surface area contributed by atoms with Crippen molar-refractivity contribution in [1.82, 2.24) is 15.5 Å². The maximum Gasteiger partial charge on any atom is 0.408 e. The number of unbranched alkanes of at least 4 members (excludes halogenated alkanes) is 2. The summed E-state index contributed by atoms with van der Waals surface area (Å²) in [6.45, 7) is 6.63. The number of amides is 3. The molecule has 170 valence electrons. The van der Waals surface area contributed by atoms with Crippen molar-refractivity contribution >= 4 is 17.9 Å². The molecule has 0 aromatic heterocycles. The van der Waals surface area contributed by atoms with Gasteiger partial charge in [0.05, 0.1) is 6.07 Å². The number of hydrogen-bond donors (Lipinski definition) is 3. The third-order valence-corrected chi connectivity index (χ3v) is 4.22. The molecule has 0 radical (unpaired) electrons. The number of phenolic OH excluding ortho intramolecular Hbond substituents is 1. The Morgan fingerprint density at radius 1 is 1.19 bits per heavy atom. The molecule has 31 heavy (non-hydrogen) atoms. The number of aromatic hydroxyl groups is 1. The highest BCUT2D eigenvalue weighted by atomic mass is 16.6. The standard InChI is InChI=1S/C22H32N4O5/c1-5-6-9-13-24-20(29)19(16-10-7-8-11-17(16)27)26(14-12-23)18(28)15-25-21(30)31-22(2,3)4/h7-8,10-11,19,27H,5-6,9,13-15H2,1-4H3,(H,24,29)(H,25,30). The second-order valence-corrected chi connectivity index (χ2v) is 7.99. The van der Waals surface area contributed by atoms with E-state index < -0.39 is 42.6 Å². The van der Waals surface area contributed by atoms with Crippen molar-refractivity contribution in [3.05, 3.63) is 29.8 Å². The van der Waals surface area contributed by atoms with E-state index in [4.69, 9.17) is 4.74 Å². The van der Waals surface area contributed by atoms with E-state index in [0.717, 1.165) is 24.2 Å². The second-order valence-electron chi connectivity index (χ2n) is 7.99. The number of alkyl carbamates (subject to hydrolysis) is 1. The minimum absolute atomic E-state index is 0.174. The number of nitrogens with zero attached hydrogens (tertiary/aromatic N) is 2. The Kier molecular flexibility index (Phi) is 10.3. The lowest BCUT2D eigenvalue weighted by molar-refractivity contribution is -0.139. The molecule has 0 aliphatic rings. The Morgan fingerprint density at radius 3 is 2.45 bits per heavy atom. The van der Waals surface area contributed by atoms with Gasteiger partial charge in [-0.05, 0) is 33.3 Å². The van der Waals surface area contributed by atoms with Crippen LogP contribution in [0.3, 0.4) is 0 Å². The van der Waals surface area contributed by atoms with E-state index in [-0.39, 0.29) is 11.3 Å². The van der Waals surface area contributed by atoms with Crippen LogP contribution in [0.25, 0.3) is 0 Å². The van der Waals surface area contributed by atoms with Gasteiger partial charge in [-0.2, -0.15) is 5.26 Å². The topological polar surface area (TPSA) is 132 Å². The molecule has 1 rings (SSSR count). The number of rotatable bonds is 10. The number of nitrogens with one attached hydrogen (secondary N) is 2. The van der Waals surface area contributed by atoms with Crippen LogP contribution < -0.4 is 10.6 Å². The summed E-state index contributed by atoms with van der Waals surface area (Å²) in [5, 5.41) is 24.7. The Balaban J connectivity index is 3.08. The summed E-state index contributed by atoms with van der Waals surface area (Å²) in [6, 6.07) is 6.79. The molecule has 9 nitrogen and oxygen atoms in total. The Hall–Kier alpha value is -3.28. The molecule has 9 heteroatoms. The van der Waals surface area contributed by atoms with Crippen LogP contribution in [0.5, 0.6) is 5.75 Å². The van der Waals surface area contributed by atoms with Crippen molar-refractivity contribution in [3.8, 4) is 11.8 Å². The van der Waals surface area contributed by atoms with Gasteiger partial charge < -0.3 is 25.4 Å². The maximum absolute atomic E-state index is 13.0. The molecule has 0 heterocycles. The third-order valence-electron chi connectivity index (χ3n) is 4.22. The number of carbonyl (C=O) groups is 3. The van der Waals surface area contributed by atoms with Gasteiger partial charge >= 0.3 is 6.09 Å². The first-order valence-corrected chi connectivity index (χ1v) is 10.3. The minimum Gasteiger partial charge on any atom is -0.508 e. The molecule has 3 amide bonds. The summed E-state index contributed by atoms with van der Waals surface area (Å²) in [5.41, 5.74) is -0.549. The lowest BCUT2D eigenvalue weighted by atomic mass is 10.0. The number of ether oxygens (including phenoxy) is 1.